The Hall–Kier alpha value is -4.21. The number of anilines is 1. The number of ether oxygens (including phenoxy) is 2. The summed E-state index contributed by atoms with van der Waals surface area (Å²) in [5.74, 6) is -1.46. The summed E-state index contributed by atoms with van der Waals surface area (Å²) in [6.45, 7) is 7.33. The summed E-state index contributed by atoms with van der Waals surface area (Å²) in [6, 6.07) is 10.0. The van der Waals surface area contributed by atoms with Gasteiger partial charge in [0.1, 0.15) is 34.8 Å². The highest BCUT2D eigenvalue weighted by Crippen LogP contribution is 2.44. The molecule has 38 heavy (non-hydrogen) atoms. The third kappa shape index (κ3) is 4.98. The van der Waals surface area contributed by atoms with Crippen molar-refractivity contribution >= 4 is 23.1 Å². The van der Waals surface area contributed by atoms with Crippen LogP contribution in [0.3, 0.4) is 0 Å². The number of aryl methyl sites for hydroxylation is 2. The number of aliphatic hydroxyl groups excluding tert-OH is 1. The van der Waals surface area contributed by atoms with Crippen molar-refractivity contribution in [2.45, 2.75) is 46.0 Å². The maximum atomic E-state index is 13.4. The van der Waals surface area contributed by atoms with Crippen LogP contribution in [0.15, 0.2) is 58.5 Å². The van der Waals surface area contributed by atoms with Gasteiger partial charge in [-0.2, -0.15) is 0 Å². The second-order valence-corrected chi connectivity index (χ2v) is 9.22. The third-order valence-corrected chi connectivity index (χ3v) is 6.28. The quantitative estimate of drug-likeness (QED) is 0.221. The summed E-state index contributed by atoms with van der Waals surface area (Å²) in [5.41, 5.74) is 1.66. The first-order chi connectivity index (χ1) is 17.8. The maximum absolute atomic E-state index is 13.4. The van der Waals surface area contributed by atoms with Crippen molar-refractivity contribution in [1.82, 2.24) is 0 Å². The second kappa shape index (κ2) is 9.92. The minimum absolute atomic E-state index is 0.0282. The van der Waals surface area contributed by atoms with Crippen LogP contribution in [0, 0.1) is 13.8 Å². The number of carbonyl (C=O) groups excluding carboxylic acids is 2. The monoisotopic (exact) mass is 529 g/mol. The number of methoxy groups -OCH3 is 1. The molecule has 4 rings (SSSR count). The highest BCUT2D eigenvalue weighted by atomic mass is 19.4. The number of rotatable bonds is 6. The fraction of sp³-hybridized carbons (Fsp3) is 0.286. The lowest BCUT2D eigenvalue weighted by Gasteiger charge is -2.24. The van der Waals surface area contributed by atoms with E-state index in [9.17, 15) is 27.9 Å². The average Bonchev–Trinajstić information content (AvgIpc) is 3.38. The highest BCUT2D eigenvalue weighted by Gasteiger charge is 2.48. The number of Topliss-reactive ketones (excluding diaryl/α,β-unsaturated/α-hetero) is 1. The van der Waals surface area contributed by atoms with Gasteiger partial charge in [-0.1, -0.05) is 13.8 Å². The molecule has 1 atom stereocenters. The molecule has 200 valence electrons. The zero-order valence-corrected chi connectivity index (χ0v) is 21.3. The van der Waals surface area contributed by atoms with Gasteiger partial charge in [0.05, 0.1) is 12.7 Å². The number of halogens is 3. The largest absolute Gasteiger partial charge is 0.573 e. The molecular formula is C28H26F3NO6. The van der Waals surface area contributed by atoms with Crippen molar-refractivity contribution in [1.29, 1.82) is 0 Å². The molecule has 1 aromatic heterocycles. The highest BCUT2D eigenvalue weighted by molar-refractivity contribution is 6.51. The van der Waals surface area contributed by atoms with E-state index in [1.807, 2.05) is 13.8 Å². The third-order valence-electron chi connectivity index (χ3n) is 6.28. The average molecular weight is 530 g/mol. The lowest BCUT2D eigenvalue weighted by molar-refractivity contribution is -0.274. The predicted molar refractivity (Wildman–Crippen MR) is 133 cm³/mol. The fourth-order valence-electron chi connectivity index (χ4n) is 4.50. The van der Waals surface area contributed by atoms with E-state index in [4.69, 9.17) is 9.15 Å². The number of nitrogens with zero attached hydrogens (tertiary/aromatic N) is 1. The first kappa shape index (κ1) is 26.8. The van der Waals surface area contributed by atoms with Gasteiger partial charge in [-0.05, 0) is 79.4 Å². The summed E-state index contributed by atoms with van der Waals surface area (Å²) < 4.78 is 53.0. The number of alkyl halides is 3. The van der Waals surface area contributed by atoms with E-state index in [1.165, 1.54) is 19.2 Å². The summed E-state index contributed by atoms with van der Waals surface area (Å²) >= 11 is 0. The van der Waals surface area contributed by atoms with Gasteiger partial charge in [0.15, 0.2) is 0 Å². The summed E-state index contributed by atoms with van der Waals surface area (Å²) in [7, 11) is 1.54. The van der Waals surface area contributed by atoms with Gasteiger partial charge >= 0.3 is 6.36 Å². The van der Waals surface area contributed by atoms with Crippen LogP contribution in [0.25, 0.3) is 5.76 Å². The zero-order chi connectivity index (χ0) is 27.9. The second-order valence-electron chi connectivity index (χ2n) is 9.22. The number of furan rings is 1. The van der Waals surface area contributed by atoms with Crippen LogP contribution in [-0.4, -0.2) is 30.3 Å². The number of ketones is 1. The molecule has 2 aromatic carbocycles. The van der Waals surface area contributed by atoms with Gasteiger partial charge in [-0.25, -0.2) is 0 Å². The molecule has 1 saturated heterocycles. The Bertz CT molecular complexity index is 1420. The van der Waals surface area contributed by atoms with Gasteiger partial charge in [0.2, 0.25) is 0 Å². The normalized spacial score (nSPS) is 17.4. The molecule has 1 aliphatic heterocycles. The van der Waals surface area contributed by atoms with Crippen molar-refractivity contribution in [3.8, 4) is 11.5 Å². The zero-order valence-electron chi connectivity index (χ0n) is 21.3. The van der Waals surface area contributed by atoms with Crippen LogP contribution in [0.5, 0.6) is 11.5 Å². The van der Waals surface area contributed by atoms with E-state index < -0.39 is 35.6 Å². The van der Waals surface area contributed by atoms with Crippen LogP contribution in [0.4, 0.5) is 18.9 Å². The molecule has 1 aliphatic rings. The van der Waals surface area contributed by atoms with Gasteiger partial charge in [-0.3, -0.25) is 14.5 Å². The molecule has 7 nitrogen and oxygen atoms in total. The lowest BCUT2D eigenvalue weighted by Crippen LogP contribution is -2.29. The molecule has 0 bridgehead atoms. The number of carbonyl (C=O) groups is 2. The Labute approximate surface area is 217 Å². The number of amides is 1. The first-order valence-electron chi connectivity index (χ1n) is 11.7. The topological polar surface area (TPSA) is 89.2 Å². The van der Waals surface area contributed by atoms with E-state index in [0.29, 0.717) is 22.6 Å². The smallest absolute Gasteiger partial charge is 0.507 e. The van der Waals surface area contributed by atoms with Crippen LogP contribution in [-0.2, 0) is 9.59 Å². The minimum Gasteiger partial charge on any atom is -0.507 e. The minimum atomic E-state index is -4.89. The van der Waals surface area contributed by atoms with E-state index >= 15 is 0 Å². The van der Waals surface area contributed by atoms with Crippen molar-refractivity contribution < 1.29 is 41.8 Å². The molecular weight excluding hydrogens is 503 g/mol. The van der Waals surface area contributed by atoms with E-state index in [1.54, 1.807) is 38.1 Å². The van der Waals surface area contributed by atoms with Crippen molar-refractivity contribution in [2.24, 2.45) is 0 Å². The first-order valence-corrected chi connectivity index (χ1v) is 11.7. The van der Waals surface area contributed by atoms with Gasteiger partial charge in [0, 0.05) is 11.3 Å². The SMILES string of the molecule is COc1cc(C)c(/C(O)=C2\C(=O)C(=O)N(c3ccc(OC(F)(F)F)cc3)C2c2ccc(C)o2)cc1C(C)C. The molecule has 0 radical (unpaired) electrons. The number of hydrogen-bond donors (Lipinski definition) is 1. The standard InChI is InChI=1S/C28H26F3NO6/c1-14(2)19-13-20(15(3)12-22(19)36-5)25(33)23-24(21-11-6-16(4)37-21)32(27(35)26(23)34)17-7-9-18(10-8-17)38-28(29,30)31/h6-14,24,33H,1-5H3/b25-23+. The van der Waals surface area contributed by atoms with Gasteiger partial charge in [0.25, 0.3) is 11.7 Å². The molecule has 0 saturated carbocycles. The Morgan fingerprint density at radius 1 is 1.05 bits per heavy atom. The molecule has 3 aromatic rings. The van der Waals surface area contributed by atoms with Crippen LogP contribution in [0.1, 0.15) is 54.0 Å². The Kier molecular flexibility index (Phi) is 7.01. The summed E-state index contributed by atoms with van der Waals surface area (Å²) in [4.78, 5) is 27.7. The Morgan fingerprint density at radius 2 is 1.71 bits per heavy atom. The molecule has 10 heteroatoms. The molecule has 2 heterocycles. The van der Waals surface area contributed by atoms with Gasteiger partial charge in [-0.15, -0.1) is 13.2 Å². The molecule has 1 fully saturated rings. The number of aliphatic hydroxyl groups is 1. The molecule has 0 aliphatic carbocycles. The molecule has 1 amide bonds. The number of benzene rings is 2. The van der Waals surface area contributed by atoms with Crippen LogP contribution in [0.2, 0.25) is 0 Å². The predicted octanol–water partition coefficient (Wildman–Crippen LogP) is 6.55. The van der Waals surface area contributed by atoms with Crippen molar-refractivity contribution in [3.05, 3.63) is 82.3 Å². The lowest BCUT2D eigenvalue weighted by atomic mass is 9.92. The summed E-state index contributed by atoms with van der Waals surface area (Å²) in [6.07, 6.45) is -4.89. The van der Waals surface area contributed by atoms with Crippen LogP contribution >= 0.6 is 0 Å². The Morgan fingerprint density at radius 3 is 2.24 bits per heavy atom. The van der Waals surface area contributed by atoms with E-state index in [0.717, 1.165) is 22.6 Å². The molecule has 1 unspecified atom stereocenters. The molecule has 1 N–H and O–H groups in total. The number of hydrogen-bond acceptors (Lipinski definition) is 6. The van der Waals surface area contributed by atoms with Gasteiger partial charge < -0.3 is 19.0 Å². The maximum Gasteiger partial charge on any atom is 0.573 e. The van der Waals surface area contributed by atoms with E-state index in [2.05, 4.69) is 4.74 Å². The van der Waals surface area contributed by atoms with Crippen molar-refractivity contribution in [3.63, 3.8) is 0 Å². The Balaban J connectivity index is 1.89. The van der Waals surface area contributed by atoms with E-state index in [-0.39, 0.29) is 22.9 Å². The summed E-state index contributed by atoms with van der Waals surface area (Å²) in [5, 5.41) is 11.5. The fourth-order valence-corrected chi connectivity index (χ4v) is 4.50. The van der Waals surface area contributed by atoms with Crippen LogP contribution < -0.4 is 14.4 Å². The molecule has 0 spiro atoms. The van der Waals surface area contributed by atoms with Crippen molar-refractivity contribution in [2.75, 3.05) is 12.0 Å².